The molecule has 0 aromatic rings. The highest BCUT2D eigenvalue weighted by atomic mass is 16.6. The lowest BCUT2D eigenvalue weighted by Gasteiger charge is -2.30. The van der Waals surface area contributed by atoms with E-state index in [9.17, 15) is 9.59 Å². The van der Waals surface area contributed by atoms with Gasteiger partial charge in [0.15, 0.2) is 0 Å². The molecule has 0 amide bonds. The molecular formula is C14H18O3. The van der Waals surface area contributed by atoms with Crippen molar-refractivity contribution in [1.29, 1.82) is 0 Å². The largest absolute Gasteiger partial charge is 0.393 e. The van der Waals surface area contributed by atoms with Crippen LogP contribution in [0, 0.1) is 23.7 Å². The van der Waals surface area contributed by atoms with E-state index in [1.165, 1.54) is 5.57 Å². The fourth-order valence-electron chi connectivity index (χ4n) is 2.82. The number of rotatable bonds is 1. The van der Waals surface area contributed by atoms with Crippen molar-refractivity contribution in [3.63, 3.8) is 0 Å². The van der Waals surface area contributed by atoms with Crippen LogP contribution in [0.25, 0.3) is 0 Å². The number of cyclic esters (lactones) is 2. The zero-order valence-corrected chi connectivity index (χ0v) is 10.7. The summed E-state index contributed by atoms with van der Waals surface area (Å²) < 4.78 is 4.80. The van der Waals surface area contributed by atoms with Crippen molar-refractivity contribution in [3.8, 4) is 0 Å². The molecule has 1 fully saturated rings. The monoisotopic (exact) mass is 234 g/mol. The Morgan fingerprint density at radius 2 is 1.82 bits per heavy atom. The average molecular weight is 234 g/mol. The van der Waals surface area contributed by atoms with Gasteiger partial charge in [-0.15, -0.1) is 0 Å². The molecule has 4 atom stereocenters. The number of carbonyl (C=O) groups is 2. The Morgan fingerprint density at radius 1 is 1.24 bits per heavy atom. The summed E-state index contributed by atoms with van der Waals surface area (Å²) in [7, 11) is 0. The lowest BCUT2D eigenvalue weighted by atomic mass is 9.69. The van der Waals surface area contributed by atoms with E-state index >= 15 is 0 Å². The van der Waals surface area contributed by atoms with Gasteiger partial charge in [0.1, 0.15) is 0 Å². The summed E-state index contributed by atoms with van der Waals surface area (Å²) in [5, 5.41) is 0. The third-order valence-electron chi connectivity index (χ3n) is 3.79. The van der Waals surface area contributed by atoms with Gasteiger partial charge in [-0.05, 0) is 26.7 Å². The molecule has 0 aromatic carbocycles. The third kappa shape index (κ3) is 1.94. The van der Waals surface area contributed by atoms with E-state index in [1.807, 2.05) is 33.8 Å². The molecule has 1 heterocycles. The van der Waals surface area contributed by atoms with Gasteiger partial charge >= 0.3 is 11.9 Å². The second kappa shape index (κ2) is 4.13. The minimum Gasteiger partial charge on any atom is -0.393 e. The normalized spacial score (nSPS) is 36.1. The minimum atomic E-state index is -0.363. The molecule has 0 radical (unpaired) electrons. The molecule has 3 nitrogen and oxygen atoms in total. The highest BCUT2D eigenvalue weighted by Crippen LogP contribution is 2.43. The van der Waals surface area contributed by atoms with Gasteiger partial charge in [-0.3, -0.25) is 9.59 Å². The lowest BCUT2D eigenvalue weighted by molar-refractivity contribution is -0.154. The van der Waals surface area contributed by atoms with Crippen LogP contribution in [-0.2, 0) is 14.3 Å². The molecule has 92 valence electrons. The summed E-state index contributed by atoms with van der Waals surface area (Å²) >= 11 is 0. The van der Waals surface area contributed by atoms with Crippen LogP contribution in [0.5, 0.6) is 0 Å². The smallest absolute Gasteiger partial charge is 0.318 e. The van der Waals surface area contributed by atoms with E-state index in [0.29, 0.717) is 0 Å². The highest BCUT2D eigenvalue weighted by Gasteiger charge is 2.51. The zero-order chi connectivity index (χ0) is 12.7. The van der Waals surface area contributed by atoms with Crippen molar-refractivity contribution in [2.75, 3.05) is 0 Å². The van der Waals surface area contributed by atoms with E-state index in [2.05, 4.69) is 6.08 Å². The molecule has 1 saturated heterocycles. The number of carbonyl (C=O) groups excluding carboxylic acids is 2. The number of hydrogen-bond donors (Lipinski definition) is 0. The molecule has 0 bridgehead atoms. The maximum Gasteiger partial charge on any atom is 0.318 e. The first-order valence-electron chi connectivity index (χ1n) is 6.00. The Bertz CT molecular complexity index is 427. The lowest BCUT2D eigenvalue weighted by Crippen LogP contribution is -2.33. The molecule has 0 aromatic heterocycles. The Kier molecular flexibility index (Phi) is 2.94. The van der Waals surface area contributed by atoms with Gasteiger partial charge < -0.3 is 4.74 Å². The van der Waals surface area contributed by atoms with Crippen LogP contribution < -0.4 is 0 Å². The summed E-state index contributed by atoms with van der Waals surface area (Å²) in [5.74, 6) is -1.24. The van der Waals surface area contributed by atoms with Crippen molar-refractivity contribution in [3.05, 3.63) is 23.3 Å². The molecule has 0 unspecified atom stereocenters. The second-order valence-electron chi connectivity index (χ2n) is 5.31. The average Bonchev–Trinajstić information content (AvgIpc) is 2.49. The van der Waals surface area contributed by atoms with Crippen molar-refractivity contribution in [2.24, 2.45) is 23.7 Å². The van der Waals surface area contributed by atoms with Crippen LogP contribution in [0.2, 0.25) is 0 Å². The molecule has 1 aliphatic carbocycles. The van der Waals surface area contributed by atoms with E-state index in [1.54, 1.807) is 0 Å². The summed E-state index contributed by atoms with van der Waals surface area (Å²) in [6.07, 6.45) is 4.14. The summed E-state index contributed by atoms with van der Waals surface area (Å²) in [4.78, 5) is 23.5. The third-order valence-corrected chi connectivity index (χ3v) is 3.79. The molecule has 0 saturated carbocycles. The standard InChI is InChI=1S/C14H18O3/c1-7(2)5-10-6-8(3)9(4)11-12(10)14(16)17-13(11)15/h5-6,9-12H,1-4H3/t9-,10+,11-,12+/m0/s1. The highest BCUT2D eigenvalue weighted by molar-refractivity contribution is 5.97. The molecule has 0 N–H and O–H groups in total. The molecule has 2 aliphatic rings. The van der Waals surface area contributed by atoms with Crippen LogP contribution in [0.4, 0.5) is 0 Å². The van der Waals surface area contributed by atoms with Gasteiger partial charge in [-0.2, -0.15) is 0 Å². The predicted octanol–water partition coefficient (Wildman–Crippen LogP) is 2.48. The molecule has 1 aliphatic heterocycles. The van der Waals surface area contributed by atoms with Crippen molar-refractivity contribution in [2.45, 2.75) is 27.7 Å². The van der Waals surface area contributed by atoms with Gasteiger partial charge in [-0.25, -0.2) is 0 Å². The fraction of sp³-hybridized carbons (Fsp3) is 0.571. The van der Waals surface area contributed by atoms with Gasteiger partial charge in [-0.1, -0.05) is 30.2 Å². The van der Waals surface area contributed by atoms with E-state index in [0.717, 1.165) is 5.57 Å². The van der Waals surface area contributed by atoms with E-state index in [-0.39, 0.29) is 35.6 Å². The zero-order valence-electron chi connectivity index (χ0n) is 10.7. The first-order valence-corrected chi connectivity index (χ1v) is 6.00. The maximum atomic E-state index is 11.8. The van der Waals surface area contributed by atoms with Crippen LogP contribution in [0.1, 0.15) is 27.7 Å². The molecular weight excluding hydrogens is 216 g/mol. The summed E-state index contributed by atoms with van der Waals surface area (Å²) in [5.41, 5.74) is 2.32. The van der Waals surface area contributed by atoms with Crippen molar-refractivity contribution >= 4 is 11.9 Å². The predicted molar refractivity (Wildman–Crippen MR) is 63.9 cm³/mol. The first kappa shape index (κ1) is 12.1. The van der Waals surface area contributed by atoms with Crippen LogP contribution >= 0.6 is 0 Å². The fourth-order valence-corrected chi connectivity index (χ4v) is 2.82. The number of fused-ring (bicyclic) bond motifs is 1. The van der Waals surface area contributed by atoms with Gasteiger partial charge in [0.2, 0.25) is 0 Å². The first-order chi connectivity index (χ1) is 7.91. The summed E-state index contributed by atoms with van der Waals surface area (Å²) in [6.45, 7) is 8.00. The van der Waals surface area contributed by atoms with Crippen molar-refractivity contribution in [1.82, 2.24) is 0 Å². The molecule has 0 spiro atoms. The number of esters is 2. The number of hydrogen-bond acceptors (Lipinski definition) is 3. The molecule has 3 heteroatoms. The Labute approximate surface area is 102 Å². The topological polar surface area (TPSA) is 43.4 Å². The number of allylic oxidation sites excluding steroid dienone is 4. The van der Waals surface area contributed by atoms with Crippen LogP contribution in [0.3, 0.4) is 0 Å². The van der Waals surface area contributed by atoms with Gasteiger partial charge in [0.25, 0.3) is 0 Å². The Morgan fingerprint density at radius 3 is 2.41 bits per heavy atom. The van der Waals surface area contributed by atoms with Gasteiger partial charge in [0.05, 0.1) is 11.8 Å². The van der Waals surface area contributed by atoms with Crippen molar-refractivity contribution < 1.29 is 14.3 Å². The Hall–Kier alpha value is -1.38. The SMILES string of the molecule is CC(C)=C[C@@H]1C=C(C)[C@H](C)[C@@H]2C(=O)OC(=O)[C@H]12. The van der Waals surface area contributed by atoms with Gasteiger partial charge in [0, 0.05) is 5.92 Å². The summed E-state index contributed by atoms with van der Waals surface area (Å²) in [6, 6.07) is 0. The van der Waals surface area contributed by atoms with E-state index < -0.39 is 0 Å². The molecule has 17 heavy (non-hydrogen) atoms. The Balaban J connectivity index is 2.44. The minimum absolute atomic E-state index is 0.000139. The van der Waals surface area contributed by atoms with Crippen LogP contribution in [0.15, 0.2) is 23.3 Å². The maximum absolute atomic E-state index is 11.8. The molecule has 2 rings (SSSR count). The number of ether oxygens (including phenoxy) is 1. The van der Waals surface area contributed by atoms with E-state index in [4.69, 9.17) is 4.74 Å². The second-order valence-corrected chi connectivity index (χ2v) is 5.31. The quantitative estimate of drug-likeness (QED) is 0.397. The van der Waals surface area contributed by atoms with Crippen LogP contribution in [-0.4, -0.2) is 11.9 Å².